The van der Waals surface area contributed by atoms with Crippen LogP contribution >= 0.6 is 15.9 Å². The second kappa shape index (κ2) is 4.12. The Bertz CT molecular complexity index is 328. The van der Waals surface area contributed by atoms with Crippen molar-refractivity contribution >= 4 is 15.9 Å². The van der Waals surface area contributed by atoms with Crippen LogP contribution in [-0.4, -0.2) is 11.3 Å². The van der Waals surface area contributed by atoms with E-state index in [2.05, 4.69) is 25.7 Å². The molecule has 14 heavy (non-hydrogen) atoms. The first kappa shape index (κ1) is 11.2. The molecule has 1 aromatic rings. The van der Waals surface area contributed by atoms with Crippen LogP contribution in [0.4, 0.5) is 17.6 Å². The molecule has 78 valence electrons. The average Bonchev–Trinajstić information content (AvgIpc) is 1.99. The third kappa shape index (κ3) is 3.49. The molecule has 0 aliphatic rings. The molecule has 2 nitrogen and oxygen atoms in total. The molecule has 0 saturated carbocycles. The molecule has 0 N–H and O–H groups in total. The van der Waals surface area contributed by atoms with Crippen LogP contribution in [0.3, 0.4) is 0 Å². The minimum Gasteiger partial charge on any atom is -0.388 e. The molecule has 0 spiro atoms. The maximum atomic E-state index is 12.6. The predicted octanol–water partition coefficient (Wildman–Crippen LogP) is 3.01. The molecule has 0 saturated heterocycles. The molecule has 0 aromatic carbocycles. The van der Waals surface area contributed by atoms with Gasteiger partial charge >= 0.3 is 6.36 Å². The Morgan fingerprint density at radius 2 is 2.00 bits per heavy atom. The maximum Gasteiger partial charge on any atom is 0.574 e. The number of rotatable bonds is 2. The van der Waals surface area contributed by atoms with Gasteiger partial charge in [0, 0.05) is 11.4 Å². The van der Waals surface area contributed by atoms with E-state index >= 15 is 0 Å². The highest BCUT2D eigenvalue weighted by molar-refractivity contribution is 9.08. The number of ether oxygens (including phenoxy) is 1. The van der Waals surface area contributed by atoms with E-state index < -0.39 is 18.2 Å². The van der Waals surface area contributed by atoms with Gasteiger partial charge in [-0.3, -0.25) is 0 Å². The standard InChI is InChI=1S/C7H4BrF4NO/c8-3-4-1-5(9)13-6(2-4)14-7(10,11)12/h1-2H,3H2. The minimum atomic E-state index is -4.86. The van der Waals surface area contributed by atoms with Crippen LogP contribution in [-0.2, 0) is 5.33 Å². The lowest BCUT2D eigenvalue weighted by atomic mass is 10.3. The van der Waals surface area contributed by atoms with Gasteiger partial charge in [0.1, 0.15) is 0 Å². The van der Waals surface area contributed by atoms with Crippen molar-refractivity contribution in [2.45, 2.75) is 11.7 Å². The monoisotopic (exact) mass is 273 g/mol. The Morgan fingerprint density at radius 1 is 1.36 bits per heavy atom. The van der Waals surface area contributed by atoms with Gasteiger partial charge in [-0.05, 0) is 11.6 Å². The second-order valence-corrected chi connectivity index (χ2v) is 2.88. The Morgan fingerprint density at radius 3 is 2.50 bits per heavy atom. The number of hydrogen-bond donors (Lipinski definition) is 0. The molecule has 1 aromatic heterocycles. The van der Waals surface area contributed by atoms with Crippen LogP contribution in [0.15, 0.2) is 12.1 Å². The molecular formula is C7H4BrF4NO. The van der Waals surface area contributed by atoms with Crippen LogP contribution in [0.1, 0.15) is 5.56 Å². The van der Waals surface area contributed by atoms with Crippen molar-refractivity contribution in [3.05, 3.63) is 23.6 Å². The van der Waals surface area contributed by atoms with Crippen LogP contribution < -0.4 is 4.74 Å². The SMILES string of the molecule is Fc1cc(CBr)cc(OC(F)(F)F)n1. The predicted molar refractivity (Wildman–Crippen MR) is 43.5 cm³/mol. The normalized spacial score (nSPS) is 11.5. The fourth-order valence-electron chi connectivity index (χ4n) is 0.771. The summed E-state index contributed by atoms with van der Waals surface area (Å²) in [5.41, 5.74) is 0.316. The molecule has 0 aliphatic carbocycles. The Hall–Kier alpha value is -0.850. The summed E-state index contributed by atoms with van der Waals surface area (Å²) in [5.74, 6) is -1.81. The first-order valence-corrected chi connectivity index (χ1v) is 4.51. The summed E-state index contributed by atoms with van der Waals surface area (Å²) >= 11 is 2.97. The highest BCUT2D eigenvalue weighted by atomic mass is 79.9. The fourth-order valence-corrected chi connectivity index (χ4v) is 1.09. The van der Waals surface area contributed by atoms with Gasteiger partial charge < -0.3 is 4.74 Å². The van der Waals surface area contributed by atoms with E-state index in [-0.39, 0.29) is 5.33 Å². The molecule has 1 rings (SSSR count). The number of aromatic nitrogens is 1. The third-order valence-electron chi connectivity index (χ3n) is 1.20. The lowest BCUT2D eigenvalue weighted by Gasteiger charge is -2.08. The number of halogens is 5. The van der Waals surface area contributed by atoms with Gasteiger partial charge in [-0.2, -0.15) is 9.37 Å². The zero-order chi connectivity index (χ0) is 10.8. The number of nitrogens with zero attached hydrogens (tertiary/aromatic N) is 1. The Balaban J connectivity index is 2.92. The molecule has 0 unspecified atom stereocenters. The van der Waals surface area contributed by atoms with Crippen molar-refractivity contribution < 1.29 is 22.3 Å². The summed E-state index contributed by atoms with van der Waals surface area (Å²) in [6.45, 7) is 0. The molecular weight excluding hydrogens is 270 g/mol. The summed E-state index contributed by atoms with van der Waals surface area (Å²) in [7, 11) is 0. The van der Waals surface area contributed by atoms with Gasteiger partial charge in [0.25, 0.3) is 0 Å². The van der Waals surface area contributed by atoms with E-state index in [4.69, 9.17) is 0 Å². The smallest absolute Gasteiger partial charge is 0.388 e. The lowest BCUT2D eigenvalue weighted by Crippen LogP contribution is -2.18. The molecule has 0 bridgehead atoms. The molecule has 7 heteroatoms. The van der Waals surface area contributed by atoms with Gasteiger partial charge in [-0.15, -0.1) is 13.2 Å². The van der Waals surface area contributed by atoms with E-state index in [0.29, 0.717) is 5.56 Å². The van der Waals surface area contributed by atoms with Crippen LogP contribution in [0.25, 0.3) is 0 Å². The molecule has 1 heterocycles. The highest BCUT2D eigenvalue weighted by Gasteiger charge is 2.32. The summed E-state index contributed by atoms with van der Waals surface area (Å²) in [6.07, 6.45) is -4.86. The fraction of sp³-hybridized carbons (Fsp3) is 0.286. The lowest BCUT2D eigenvalue weighted by molar-refractivity contribution is -0.276. The van der Waals surface area contributed by atoms with Crippen molar-refractivity contribution in [1.29, 1.82) is 0 Å². The summed E-state index contributed by atoms with van der Waals surface area (Å²) < 4.78 is 51.2. The summed E-state index contributed by atoms with van der Waals surface area (Å²) in [4.78, 5) is 2.94. The van der Waals surface area contributed by atoms with Gasteiger partial charge in [0.05, 0.1) is 0 Å². The van der Waals surface area contributed by atoms with E-state index in [1.165, 1.54) is 0 Å². The molecule has 0 atom stereocenters. The molecule has 0 amide bonds. The number of hydrogen-bond acceptors (Lipinski definition) is 2. The van der Waals surface area contributed by atoms with Crippen molar-refractivity contribution in [2.24, 2.45) is 0 Å². The van der Waals surface area contributed by atoms with Gasteiger partial charge in [0.15, 0.2) is 0 Å². The summed E-state index contributed by atoms with van der Waals surface area (Å²) in [6, 6.07) is 2.02. The van der Waals surface area contributed by atoms with E-state index in [9.17, 15) is 17.6 Å². The quantitative estimate of drug-likeness (QED) is 0.470. The average molecular weight is 274 g/mol. The minimum absolute atomic E-state index is 0.223. The Kier molecular flexibility index (Phi) is 3.30. The molecule has 0 fully saturated rings. The van der Waals surface area contributed by atoms with Crippen molar-refractivity contribution in [3.8, 4) is 5.88 Å². The Labute approximate surface area is 85.0 Å². The number of pyridine rings is 1. The van der Waals surface area contributed by atoms with Gasteiger partial charge in [-0.25, -0.2) is 0 Å². The third-order valence-corrected chi connectivity index (χ3v) is 1.85. The van der Waals surface area contributed by atoms with E-state index in [1.54, 1.807) is 0 Å². The summed E-state index contributed by atoms with van der Waals surface area (Å²) in [5, 5.41) is 0.223. The van der Waals surface area contributed by atoms with Crippen LogP contribution in [0, 0.1) is 5.95 Å². The van der Waals surface area contributed by atoms with Crippen LogP contribution in [0.5, 0.6) is 5.88 Å². The zero-order valence-corrected chi connectivity index (χ0v) is 8.19. The van der Waals surface area contributed by atoms with Gasteiger partial charge in [0.2, 0.25) is 11.8 Å². The van der Waals surface area contributed by atoms with E-state index in [0.717, 1.165) is 12.1 Å². The molecule has 0 radical (unpaired) electrons. The largest absolute Gasteiger partial charge is 0.574 e. The highest BCUT2D eigenvalue weighted by Crippen LogP contribution is 2.22. The van der Waals surface area contributed by atoms with Crippen LogP contribution in [0.2, 0.25) is 0 Å². The first-order chi connectivity index (χ1) is 6.40. The zero-order valence-electron chi connectivity index (χ0n) is 6.61. The van der Waals surface area contributed by atoms with E-state index in [1.807, 2.05) is 0 Å². The van der Waals surface area contributed by atoms with Crippen molar-refractivity contribution in [3.63, 3.8) is 0 Å². The topological polar surface area (TPSA) is 22.1 Å². The number of alkyl halides is 4. The molecule has 0 aliphatic heterocycles. The second-order valence-electron chi connectivity index (χ2n) is 2.32. The maximum absolute atomic E-state index is 12.6. The van der Waals surface area contributed by atoms with Crippen molar-refractivity contribution in [2.75, 3.05) is 0 Å². The first-order valence-electron chi connectivity index (χ1n) is 3.39. The van der Waals surface area contributed by atoms with Gasteiger partial charge in [-0.1, -0.05) is 15.9 Å². The van der Waals surface area contributed by atoms with Crippen molar-refractivity contribution in [1.82, 2.24) is 4.98 Å².